The highest BCUT2D eigenvalue weighted by Gasteiger charge is 2.19. The number of aromatic nitrogens is 1. The Kier molecular flexibility index (Phi) is 4.07. The minimum atomic E-state index is -2.68. The van der Waals surface area contributed by atoms with Gasteiger partial charge >= 0.3 is 0 Å². The predicted octanol–water partition coefficient (Wildman–Crippen LogP) is 3.53. The van der Waals surface area contributed by atoms with Crippen LogP contribution in [0.4, 0.5) is 8.78 Å². The molecule has 6 heteroatoms. The van der Waals surface area contributed by atoms with E-state index in [4.69, 9.17) is 16.3 Å². The average molecular weight is 287 g/mol. The molecule has 0 aliphatic rings. The van der Waals surface area contributed by atoms with E-state index in [0.29, 0.717) is 10.2 Å². The summed E-state index contributed by atoms with van der Waals surface area (Å²) in [5.41, 5.74) is 0.101. The number of hydrogen-bond acceptors (Lipinski definition) is 2. The molecule has 1 rings (SSSR count). The smallest absolute Gasteiger partial charge is 0.284 e. The van der Waals surface area contributed by atoms with Crippen molar-refractivity contribution in [2.45, 2.75) is 12.3 Å². The van der Waals surface area contributed by atoms with Gasteiger partial charge in [0.15, 0.2) is 5.75 Å². The third-order valence-corrected chi connectivity index (χ3v) is 2.29. The zero-order valence-electron chi connectivity index (χ0n) is 7.23. The minimum absolute atomic E-state index is 0.0539. The summed E-state index contributed by atoms with van der Waals surface area (Å²) < 4.78 is 30.2. The Morgan fingerprint density at radius 3 is 2.71 bits per heavy atom. The van der Waals surface area contributed by atoms with Crippen LogP contribution in [0, 0.1) is 0 Å². The van der Waals surface area contributed by atoms with Gasteiger partial charge in [-0.1, -0.05) is 0 Å². The van der Waals surface area contributed by atoms with Crippen molar-refractivity contribution in [3.63, 3.8) is 0 Å². The molecule has 2 nitrogen and oxygen atoms in total. The standard InChI is InChI=1S/C8H7BrClF2NO/c1-14-7-4(3-10)2-5(9)13-6(7)8(11)12/h2,8H,3H2,1H3. The van der Waals surface area contributed by atoms with Gasteiger partial charge in [0.1, 0.15) is 10.3 Å². The molecule has 1 aromatic heterocycles. The lowest BCUT2D eigenvalue weighted by Crippen LogP contribution is -2.00. The van der Waals surface area contributed by atoms with E-state index in [9.17, 15) is 8.78 Å². The maximum atomic E-state index is 12.5. The van der Waals surface area contributed by atoms with E-state index in [0.717, 1.165) is 0 Å². The Balaban J connectivity index is 3.31. The Morgan fingerprint density at radius 1 is 1.64 bits per heavy atom. The topological polar surface area (TPSA) is 22.1 Å². The van der Waals surface area contributed by atoms with E-state index in [1.807, 2.05) is 0 Å². The van der Waals surface area contributed by atoms with Gasteiger partial charge in [0.05, 0.1) is 13.0 Å². The molecule has 0 atom stereocenters. The highest BCUT2D eigenvalue weighted by atomic mass is 79.9. The molecule has 0 saturated carbocycles. The molecule has 0 fully saturated rings. The summed E-state index contributed by atoms with van der Waals surface area (Å²) in [6.07, 6.45) is -2.68. The second-order valence-electron chi connectivity index (χ2n) is 2.46. The van der Waals surface area contributed by atoms with Gasteiger partial charge in [-0.3, -0.25) is 0 Å². The van der Waals surface area contributed by atoms with Crippen LogP contribution in [0.1, 0.15) is 17.7 Å². The molecule has 0 amide bonds. The average Bonchev–Trinajstić information content (AvgIpc) is 2.16. The Hall–Kier alpha value is -0.420. The fraction of sp³-hybridized carbons (Fsp3) is 0.375. The van der Waals surface area contributed by atoms with Crippen LogP contribution >= 0.6 is 27.5 Å². The first-order valence-electron chi connectivity index (χ1n) is 3.67. The third-order valence-electron chi connectivity index (χ3n) is 1.60. The van der Waals surface area contributed by atoms with Gasteiger partial charge in [0.2, 0.25) is 0 Å². The lowest BCUT2D eigenvalue weighted by molar-refractivity contribution is 0.141. The summed E-state index contributed by atoms with van der Waals surface area (Å²) in [6, 6.07) is 1.55. The number of ether oxygens (including phenoxy) is 1. The monoisotopic (exact) mass is 285 g/mol. The maximum absolute atomic E-state index is 12.5. The van der Waals surface area contributed by atoms with Gasteiger partial charge in [-0.2, -0.15) is 0 Å². The summed E-state index contributed by atoms with van der Waals surface area (Å²) in [7, 11) is 1.31. The first-order chi connectivity index (χ1) is 6.60. The fourth-order valence-corrected chi connectivity index (χ4v) is 1.72. The van der Waals surface area contributed by atoms with Crippen LogP contribution in [-0.2, 0) is 5.88 Å². The lowest BCUT2D eigenvalue weighted by atomic mass is 10.2. The van der Waals surface area contributed by atoms with Crippen molar-refractivity contribution < 1.29 is 13.5 Å². The van der Waals surface area contributed by atoms with Crippen LogP contribution < -0.4 is 4.74 Å². The van der Waals surface area contributed by atoms with Crippen molar-refractivity contribution in [2.24, 2.45) is 0 Å². The van der Waals surface area contributed by atoms with E-state index in [-0.39, 0.29) is 11.6 Å². The number of alkyl halides is 3. The SMILES string of the molecule is COc1c(CCl)cc(Br)nc1C(F)F. The number of methoxy groups -OCH3 is 1. The van der Waals surface area contributed by atoms with E-state index >= 15 is 0 Å². The summed E-state index contributed by atoms with van der Waals surface area (Å²) in [5, 5.41) is 0. The highest BCUT2D eigenvalue weighted by molar-refractivity contribution is 9.10. The van der Waals surface area contributed by atoms with Crippen LogP contribution in [0.3, 0.4) is 0 Å². The number of rotatable bonds is 3. The maximum Gasteiger partial charge on any atom is 0.284 e. The molecule has 0 bridgehead atoms. The molecule has 0 N–H and O–H groups in total. The normalized spacial score (nSPS) is 10.7. The van der Waals surface area contributed by atoms with Crippen LogP contribution in [0.25, 0.3) is 0 Å². The van der Waals surface area contributed by atoms with Crippen LogP contribution in [0.15, 0.2) is 10.7 Å². The summed E-state index contributed by atoms with van der Waals surface area (Å²) in [6.45, 7) is 0. The molecular weight excluding hydrogens is 279 g/mol. The largest absolute Gasteiger partial charge is 0.494 e. The lowest BCUT2D eigenvalue weighted by Gasteiger charge is -2.11. The van der Waals surface area contributed by atoms with Crippen LogP contribution in [0.5, 0.6) is 5.75 Å². The molecule has 0 spiro atoms. The number of halogens is 4. The van der Waals surface area contributed by atoms with E-state index < -0.39 is 12.1 Å². The minimum Gasteiger partial charge on any atom is -0.494 e. The number of nitrogens with zero attached hydrogens (tertiary/aromatic N) is 1. The quantitative estimate of drug-likeness (QED) is 0.626. The molecule has 14 heavy (non-hydrogen) atoms. The van der Waals surface area contributed by atoms with Gasteiger partial charge in [-0.15, -0.1) is 11.6 Å². The molecule has 0 unspecified atom stereocenters. The Bertz CT molecular complexity index is 335. The van der Waals surface area contributed by atoms with E-state index in [1.54, 1.807) is 6.07 Å². The molecule has 1 aromatic rings. The van der Waals surface area contributed by atoms with Crippen molar-refractivity contribution in [1.29, 1.82) is 0 Å². The molecule has 0 saturated heterocycles. The van der Waals surface area contributed by atoms with Crippen LogP contribution in [-0.4, -0.2) is 12.1 Å². The zero-order chi connectivity index (χ0) is 10.7. The van der Waals surface area contributed by atoms with E-state index in [1.165, 1.54) is 7.11 Å². The van der Waals surface area contributed by atoms with Gasteiger partial charge in [-0.05, 0) is 22.0 Å². The summed E-state index contributed by atoms with van der Waals surface area (Å²) >= 11 is 8.61. The molecule has 0 aliphatic carbocycles. The summed E-state index contributed by atoms with van der Waals surface area (Å²) in [5.74, 6) is 0.155. The highest BCUT2D eigenvalue weighted by Crippen LogP contribution is 2.33. The second kappa shape index (κ2) is 4.89. The van der Waals surface area contributed by atoms with Gasteiger partial charge < -0.3 is 4.74 Å². The molecule has 0 radical (unpaired) electrons. The number of hydrogen-bond donors (Lipinski definition) is 0. The molecule has 1 heterocycles. The Morgan fingerprint density at radius 2 is 2.29 bits per heavy atom. The zero-order valence-corrected chi connectivity index (χ0v) is 9.57. The van der Waals surface area contributed by atoms with Crippen molar-refractivity contribution in [3.05, 3.63) is 21.9 Å². The third kappa shape index (κ3) is 2.33. The van der Waals surface area contributed by atoms with Gasteiger partial charge in [-0.25, -0.2) is 13.8 Å². The van der Waals surface area contributed by atoms with E-state index in [2.05, 4.69) is 20.9 Å². The Labute approximate surface area is 93.4 Å². The van der Waals surface area contributed by atoms with Gasteiger partial charge in [0.25, 0.3) is 6.43 Å². The van der Waals surface area contributed by atoms with Gasteiger partial charge in [0, 0.05) is 5.56 Å². The van der Waals surface area contributed by atoms with Crippen molar-refractivity contribution >= 4 is 27.5 Å². The number of pyridine rings is 1. The molecular formula is C8H7BrClF2NO. The predicted molar refractivity (Wildman–Crippen MR) is 53.0 cm³/mol. The summed E-state index contributed by atoms with van der Waals surface area (Å²) in [4.78, 5) is 3.64. The van der Waals surface area contributed by atoms with Crippen molar-refractivity contribution in [2.75, 3.05) is 7.11 Å². The van der Waals surface area contributed by atoms with Crippen molar-refractivity contribution in [1.82, 2.24) is 4.98 Å². The van der Waals surface area contributed by atoms with Crippen molar-refractivity contribution in [3.8, 4) is 5.75 Å². The molecule has 0 aromatic carbocycles. The fourth-order valence-electron chi connectivity index (χ4n) is 1.05. The second-order valence-corrected chi connectivity index (χ2v) is 3.54. The molecule has 78 valence electrons. The first kappa shape index (κ1) is 11.7. The van der Waals surface area contributed by atoms with Crippen LogP contribution in [0.2, 0.25) is 0 Å². The molecule has 0 aliphatic heterocycles. The first-order valence-corrected chi connectivity index (χ1v) is 5.00.